The minimum absolute atomic E-state index is 0.110. The number of hydrogen-bond acceptors (Lipinski definition) is 4. The molecule has 0 bridgehead atoms. The number of halogens is 2. The Hall–Kier alpha value is -1.26. The molecule has 0 unspecified atom stereocenters. The van der Waals surface area contributed by atoms with Crippen molar-refractivity contribution in [3.05, 3.63) is 22.6 Å². The Labute approximate surface area is 115 Å². The molecule has 1 aromatic carbocycles. The normalized spacial score (nSPS) is 10.7. The van der Waals surface area contributed by atoms with Crippen molar-refractivity contribution in [2.75, 3.05) is 13.7 Å². The SMILES string of the molecule is CCCOc1cc2nc(Cl)nc(Cl)c2cc1OC. The first-order chi connectivity index (χ1) is 8.65. The molecule has 96 valence electrons. The molecule has 0 saturated heterocycles. The molecule has 2 aromatic rings. The van der Waals surface area contributed by atoms with Crippen LogP contribution in [0.15, 0.2) is 12.1 Å². The topological polar surface area (TPSA) is 44.2 Å². The largest absolute Gasteiger partial charge is 0.493 e. The van der Waals surface area contributed by atoms with Crippen LogP contribution >= 0.6 is 23.2 Å². The van der Waals surface area contributed by atoms with E-state index in [1.54, 1.807) is 19.2 Å². The van der Waals surface area contributed by atoms with Crippen molar-refractivity contribution in [1.82, 2.24) is 9.97 Å². The highest BCUT2D eigenvalue weighted by Crippen LogP contribution is 2.34. The van der Waals surface area contributed by atoms with Gasteiger partial charge in [-0.2, -0.15) is 0 Å². The van der Waals surface area contributed by atoms with E-state index >= 15 is 0 Å². The molecule has 0 aliphatic rings. The van der Waals surface area contributed by atoms with E-state index in [-0.39, 0.29) is 5.28 Å². The van der Waals surface area contributed by atoms with E-state index in [2.05, 4.69) is 9.97 Å². The minimum Gasteiger partial charge on any atom is -0.493 e. The maximum atomic E-state index is 6.02. The van der Waals surface area contributed by atoms with Crippen LogP contribution in [-0.2, 0) is 0 Å². The Kier molecular flexibility index (Phi) is 4.09. The van der Waals surface area contributed by atoms with Gasteiger partial charge in [0.1, 0.15) is 5.15 Å². The Balaban J connectivity index is 2.57. The second-order valence-corrected chi connectivity index (χ2v) is 4.35. The molecule has 0 aliphatic carbocycles. The fourth-order valence-electron chi connectivity index (χ4n) is 1.56. The van der Waals surface area contributed by atoms with Gasteiger partial charge in [-0.25, -0.2) is 9.97 Å². The number of aromatic nitrogens is 2. The molecule has 6 heteroatoms. The number of nitrogens with zero attached hydrogens (tertiary/aromatic N) is 2. The smallest absolute Gasteiger partial charge is 0.224 e. The van der Waals surface area contributed by atoms with Crippen LogP contribution in [0.5, 0.6) is 11.5 Å². The third-order valence-corrected chi connectivity index (χ3v) is 2.83. The van der Waals surface area contributed by atoms with Gasteiger partial charge in [0.2, 0.25) is 5.28 Å². The van der Waals surface area contributed by atoms with Gasteiger partial charge in [-0.3, -0.25) is 0 Å². The Bertz CT molecular complexity index is 575. The molecule has 0 N–H and O–H groups in total. The minimum atomic E-state index is 0.110. The molecule has 0 radical (unpaired) electrons. The molecule has 0 spiro atoms. The average Bonchev–Trinajstić information content (AvgIpc) is 2.35. The van der Waals surface area contributed by atoms with E-state index in [9.17, 15) is 0 Å². The number of benzene rings is 1. The zero-order valence-corrected chi connectivity index (χ0v) is 11.5. The quantitative estimate of drug-likeness (QED) is 0.634. The molecule has 4 nitrogen and oxygen atoms in total. The van der Waals surface area contributed by atoms with Gasteiger partial charge in [0.25, 0.3) is 0 Å². The van der Waals surface area contributed by atoms with Crippen LogP contribution in [0.1, 0.15) is 13.3 Å². The summed E-state index contributed by atoms with van der Waals surface area (Å²) < 4.78 is 10.9. The number of rotatable bonds is 4. The molecule has 0 aliphatic heterocycles. The van der Waals surface area contributed by atoms with E-state index < -0.39 is 0 Å². The zero-order valence-electron chi connectivity index (χ0n) is 10.0. The summed E-state index contributed by atoms with van der Waals surface area (Å²) in [6.07, 6.45) is 0.909. The summed E-state index contributed by atoms with van der Waals surface area (Å²) in [7, 11) is 1.57. The number of ether oxygens (including phenoxy) is 2. The predicted octanol–water partition coefficient (Wildman–Crippen LogP) is 3.73. The molecule has 0 fully saturated rings. The molecular weight excluding hydrogens is 275 g/mol. The number of methoxy groups -OCH3 is 1. The summed E-state index contributed by atoms with van der Waals surface area (Å²) in [6.45, 7) is 2.64. The molecule has 0 amide bonds. The number of hydrogen-bond donors (Lipinski definition) is 0. The predicted molar refractivity (Wildman–Crippen MR) is 71.9 cm³/mol. The van der Waals surface area contributed by atoms with Crippen molar-refractivity contribution >= 4 is 34.1 Å². The van der Waals surface area contributed by atoms with Gasteiger partial charge >= 0.3 is 0 Å². The van der Waals surface area contributed by atoms with Crippen LogP contribution in [0.4, 0.5) is 0 Å². The van der Waals surface area contributed by atoms with Crippen molar-refractivity contribution in [2.45, 2.75) is 13.3 Å². The lowest BCUT2D eigenvalue weighted by molar-refractivity contribution is 0.295. The van der Waals surface area contributed by atoms with E-state index in [4.69, 9.17) is 32.7 Å². The van der Waals surface area contributed by atoms with Crippen LogP contribution in [0.3, 0.4) is 0 Å². The standard InChI is InChI=1S/C12H12Cl2N2O2/c1-3-4-18-10-6-8-7(5-9(10)17-2)11(13)16-12(14)15-8/h5-6H,3-4H2,1-2H3. The summed E-state index contributed by atoms with van der Waals surface area (Å²) in [5.41, 5.74) is 0.631. The lowest BCUT2D eigenvalue weighted by Gasteiger charge is -2.11. The summed E-state index contributed by atoms with van der Waals surface area (Å²) >= 11 is 11.8. The first kappa shape index (κ1) is 13.2. The van der Waals surface area contributed by atoms with Gasteiger partial charge in [-0.05, 0) is 24.1 Å². The Morgan fingerprint density at radius 1 is 1.17 bits per heavy atom. The van der Waals surface area contributed by atoms with Gasteiger partial charge in [0.15, 0.2) is 11.5 Å². The lowest BCUT2D eigenvalue weighted by Crippen LogP contribution is -1.98. The number of fused-ring (bicyclic) bond motifs is 1. The second-order valence-electron chi connectivity index (χ2n) is 3.65. The van der Waals surface area contributed by atoms with Gasteiger partial charge in [-0.15, -0.1) is 0 Å². The van der Waals surface area contributed by atoms with Gasteiger partial charge in [0.05, 0.1) is 19.2 Å². The maximum absolute atomic E-state index is 6.02. The van der Waals surface area contributed by atoms with Crippen LogP contribution in [-0.4, -0.2) is 23.7 Å². The zero-order chi connectivity index (χ0) is 13.1. The van der Waals surface area contributed by atoms with Gasteiger partial charge < -0.3 is 9.47 Å². The Morgan fingerprint density at radius 3 is 2.61 bits per heavy atom. The van der Waals surface area contributed by atoms with Crippen LogP contribution in [0, 0.1) is 0 Å². The molecular formula is C12H12Cl2N2O2. The van der Waals surface area contributed by atoms with Crippen molar-refractivity contribution in [3.8, 4) is 11.5 Å². The van der Waals surface area contributed by atoms with E-state index in [1.165, 1.54) is 0 Å². The first-order valence-corrected chi connectivity index (χ1v) is 6.25. The highest BCUT2D eigenvalue weighted by Gasteiger charge is 2.11. The highest BCUT2D eigenvalue weighted by atomic mass is 35.5. The van der Waals surface area contributed by atoms with E-state index in [0.29, 0.717) is 34.2 Å². The molecule has 1 heterocycles. The second kappa shape index (κ2) is 5.59. The third-order valence-electron chi connectivity index (χ3n) is 2.37. The van der Waals surface area contributed by atoms with Crippen LogP contribution < -0.4 is 9.47 Å². The van der Waals surface area contributed by atoms with Gasteiger partial charge in [0, 0.05) is 11.5 Å². The van der Waals surface area contributed by atoms with Gasteiger partial charge in [-0.1, -0.05) is 18.5 Å². The maximum Gasteiger partial charge on any atom is 0.224 e. The summed E-state index contributed by atoms with van der Waals surface area (Å²) in [4.78, 5) is 8.01. The van der Waals surface area contributed by atoms with Crippen molar-refractivity contribution < 1.29 is 9.47 Å². The monoisotopic (exact) mass is 286 g/mol. The molecule has 0 saturated carbocycles. The third kappa shape index (κ3) is 2.60. The van der Waals surface area contributed by atoms with Crippen LogP contribution in [0.25, 0.3) is 10.9 Å². The lowest BCUT2D eigenvalue weighted by atomic mass is 10.2. The van der Waals surface area contributed by atoms with Crippen molar-refractivity contribution in [2.24, 2.45) is 0 Å². The highest BCUT2D eigenvalue weighted by molar-refractivity contribution is 6.35. The van der Waals surface area contributed by atoms with E-state index in [0.717, 1.165) is 6.42 Å². The molecule has 18 heavy (non-hydrogen) atoms. The molecule has 2 rings (SSSR count). The fraction of sp³-hybridized carbons (Fsp3) is 0.333. The summed E-state index contributed by atoms with van der Waals surface area (Å²) in [5.74, 6) is 1.22. The Morgan fingerprint density at radius 2 is 1.94 bits per heavy atom. The average molecular weight is 287 g/mol. The fourth-order valence-corrected chi connectivity index (χ4v) is 2.01. The summed E-state index contributed by atoms with van der Waals surface area (Å²) in [5, 5.41) is 1.09. The molecule has 1 aromatic heterocycles. The van der Waals surface area contributed by atoms with Crippen molar-refractivity contribution in [1.29, 1.82) is 0 Å². The summed E-state index contributed by atoms with van der Waals surface area (Å²) in [6, 6.07) is 3.50. The van der Waals surface area contributed by atoms with Crippen molar-refractivity contribution in [3.63, 3.8) is 0 Å². The van der Waals surface area contributed by atoms with E-state index in [1.807, 2.05) is 6.92 Å². The first-order valence-electron chi connectivity index (χ1n) is 5.49. The molecule has 0 atom stereocenters. The van der Waals surface area contributed by atoms with Crippen LogP contribution in [0.2, 0.25) is 10.4 Å².